The molecule has 3 rings (SSSR count). The second-order valence-electron chi connectivity index (χ2n) is 7.79. The molecular formula is C23H30N2O4S. The zero-order valence-corrected chi connectivity index (χ0v) is 18.7. The average molecular weight is 431 g/mol. The van der Waals surface area contributed by atoms with Gasteiger partial charge in [0.15, 0.2) is 0 Å². The molecular weight excluding hydrogens is 400 g/mol. The van der Waals surface area contributed by atoms with Crippen LogP contribution in [0.25, 0.3) is 0 Å². The number of methoxy groups -OCH3 is 1. The van der Waals surface area contributed by atoms with E-state index in [-0.39, 0.29) is 16.8 Å². The number of carbonyl (C=O) groups is 1. The molecule has 1 fully saturated rings. The van der Waals surface area contributed by atoms with E-state index in [0.717, 1.165) is 36.1 Å². The topological polar surface area (TPSA) is 75.7 Å². The predicted octanol–water partition coefficient (Wildman–Crippen LogP) is 3.54. The van der Waals surface area contributed by atoms with Crippen molar-refractivity contribution in [2.45, 2.75) is 50.5 Å². The van der Waals surface area contributed by atoms with Crippen LogP contribution in [-0.4, -0.2) is 44.9 Å². The van der Waals surface area contributed by atoms with Gasteiger partial charge in [0.05, 0.1) is 12.0 Å². The number of hydrogen-bond donors (Lipinski definition) is 1. The van der Waals surface area contributed by atoms with E-state index in [1.54, 1.807) is 23.5 Å². The highest BCUT2D eigenvalue weighted by Gasteiger charge is 2.31. The Morgan fingerprint density at radius 2 is 1.90 bits per heavy atom. The molecule has 0 radical (unpaired) electrons. The normalized spacial score (nSPS) is 17.5. The number of sulfonamides is 1. The molecule has 1 aliphatic heterocycles. The van der Waals surface area contributed by atoms with E-state index in [1.165, 1.54) is 6.07 Å². The lowest BCUT2D eigenvalue weighted by Crippen LogP contribution is -2.42. The molecule has 1 heterocycles. The minimum absolute atomic E-state index is 0.0215. The highest BCUT2D eigenvalue weighted by Crippen LogP contribution is 2.26. The SMILES string of the molecule is COc1ccc(CCNC(=O)c2cc(S(=O)(=O)N3CCCCC3C)ccc2C)cc1. The Labute approximate surface area is 179 Å². The summed E-state index contributed by atoms with van der Waals surface area (Å²) in [6.07, 6.45) is 3.46. The van der Waals surface area contributed by atoms with Gasteiger partial charge in [0.1, 0.15) is 5.75 Å². The average Bonchev–Trinajstić information content (AvgIpc) is 2.74. The van der Waals surface area contributed by atoms with E-state index in [1.807, 2.05) is 38.1 Å². The molecule has 2 aromatic rings. The summed E-state index contributed by atoms with van der Waals surface area (Å²) < 4.78 is 32.9. The van der Waals surface area contributed by atoms with Gasteiger partial charge >= 0.3 is 0 Å². The van der Waals surface area contributed by atoms with Gasteiger partial charge in [-0.2, -0.15) is 4.31 Å². The van der Waals surface area contributed by atoms with Crippen LogP contribution in [0.4, 0.5) is 0 Å². The van der Waals surface area contributed by atoms with Crippen molar-refractivity contribution >= 4 is 15.9 Å². The van der Waals surface area contributed by atoms with Crippen molar-refractivity contribution in [1.29, 1.82) is 0 Å². The molecule has 6 nitrogen and oxygen atoms in total. The Morgan fingerprint density at radius 3 is 2.57 bits per heavy atom. The van der Waals surface area contributed by atoms with E-state index in [9.17, 15) is 13.2 Å². The van der Waals surface area contributed by atoms with Gasteiger partial charge in [-0.3, -0.25) is 4.79 Å². The number of hydrogen-bond acceptors (Lipinski definition) is 4. The maximum Gasteiger partial charge on any atom is 0.251 e. The summed E-state index contributed by atoms with van der Waals surface area (Å²) in [7, 11) is -1.99. The molecule has 0 spiro atoms. The van der Waals surface area contributed by atoms with Gasteiger partial charge in [-0.25, -0.2) is 8.42 Å². The van der Waals surface area contributed by atoms with Crippen LogP contribution in [0, 0.1) is 6.92 Å². The van der Waals surface area contributed by atoms with Crippen molar-refractivity contribution in [1.82, 2.24) is 9.62 Å². The summed E-state index contributed by atoms with van der Waals surface area (Å²) in [5.74, 6) is 0.532. The van der Waals surface area contributed by atoms with E-state index < -0.39 is 10.0 Å². The maximum atomic E-state index is 13.1. The van der Waals surface area contributed by atoms with Gasteiger partial charge in [-0.05, 0) is 68.5 Å². The number of ether oxygens (including phenoxy) is 1. The summed E-state index contributed by atoms with van der Waals surface area (Å²) in [5.41, 5.74) is 2.24. The number of aryl methyl sites for hydroxylation is 1. The molecule has 0 saturated carbocycles. The molecule has 2 aromatic carbocycles. The highest BCUT2D eigenvalue weighted by atomic mass is 32.2. The number of carbonyl (C=O) groups excluding carboxylic acids is 1. The third-order valence-corrected chi connectivity index (χ3v) is 7.67. The monoisotopic (exact) mass is 430 g/mol. The van der Waals surface area contributed by atoms with Gasteiger partial charge in [0.25, 0.3) is 5.91 Å². The van der Waals surface area contributed by atoms with Crippen LogP contribution in [0.5, 0.6) is 5.75 Å². The quantitative estimate of drug-likeness (QED) is 0.729. The van der Waals surface area contributed by atoms with Crippen molar-refractivity contribution in [3.8, 4) is 5.75 Å². The Bertz CT molecular complexity index is 987. The van der Waals surface area contributed by atoms with Gasteiger partial charge in [0, 0.05) is 24.7 Å². The van der Waals surface area contributed by atoms with E-state index >= 15 is 0 Å². The molecule has 0 aromatic heterocycles. The predicted molar refractivity (Wildman–Crippen MR) is 117 cm³/mol. The Hall–Kier alpha value is -2.38. The minimum Gasteiger partial charge on any atom is -0.497 e. The number of nitrogens with one attached hydrogen (secondary N) is 1. The third kappa shape index (κ3) is 5.02. The molecule has 0 aliphatic carbocycles. The minimum atomic E-state index is -3.61. The Kier molecular flexibility index (Phi) is 7.15. The number of benzene rings is 2. The van der Waals surface area contributed by atoms with Gasteiger partial charge in [0.2, 0.25) is 10.0 Å². The van der Waals surface area contributed by atoms with Crippen LogP contribution in [-0.2, 0) is 16.4 Å². The Balaban J connectivity index is 1.70. The molecule has 1 saturated heterocycles. The lowest BCUT2D eigenvalue weighted by Gasteiger charge is -2.32. The van der Waals surface area contributed by atoms with Crippen molar-refractivity contribution in [3.63, 3.8) is 0 Å². The van der Waals surface area contributed by atoms with E-state index in [2.05, 4.69) is 5.32 Å². The van der Waals surface area contributed by atoms with Crippen LogP contribution in [0.15, 0.2) is 47.4 Å². The van der Waals surface area contributed by atoms with E-state index in [4.69, 9.17) is 4.74 Å². The van der Waals surface area contributed by atoms with Gasteiger partial charge in [-0.1, -0.05) is 24.6 Å². The lowest BCUT2D eigenvalue weighted by molar-refractivity contribution is 0.0953. The highest BCUT2D eigenvalue weighted by molar-refractivity contribution is 7.89. The first-order valence-corrected chi connectivity index (χ1v) is 11.8. The van der Waals surface area contributed by atoms with Crippen molar-refractivity contribution in [2.75, 3.05) is 20.2 Å². The number of amides is 1. The molecule has 1 N–H and O–H groups in total. The second-order valence-corrected chi connectivity index (χ2v) is 9.68. The van der Waals surface area contributed by atoms with Crippen LogP contribution in [0.1, 0.15) is 47.7 Å². The largest absolute Gasteiger partial charge is 0.497 e. The summed E-state index contributed by atoms with van der Waals surface area (Å²) in [4.78, 5) is 12.9. The fourth-order valence-corrected chi connectivity index (χ4v) is 5.50. The summed E-state index contributed by atoms with van der Waals surface area (Å²) in [6, 6.07) is 12.5. The fourth-order valence-electron chi connectivity index (χ4n) is 3.78. The number of nitrogens with zero attached hydrogens (tertiary/aromatic N) is 1. The standard InChI is InChI=1S/C23H30N2O4S/c1-17-7-12-21(30(27,28)25-15-5-4-6-18(25)2)16-22(17)23(26)24-14-13-19-8-10-20(29-3)11-9-19/h7-12,16,18H,4-6,13-15H2,1-3H3,(H,24,26). The van der Waals surface area contributed by atoms with Gasteiger partial charge < -0.3 is 10.1 Å². The van der Waals surface area contributed by atoms with Crippen LogP contribution in [0.3, 0.4) is 0 Å². The summed E-state index contributed by atoms with van der Waals surface area (Å²) in [5, 5.41) is 2.91. The molecule has 1 amide bonds. The number of piperidine rings is 1. The lowest BCUT2D eigenvalue weighted by atomic mass is 10.1. The van der Waals surface area contributed by atoms with Crippen molar-refractivity contribution in [3.05, 3.63) is 59.2 Å². The van der Waals surface area contributed by atoms with E-state index in [0.29, 0.717) is 25.1 Å². The second kappa shape index (κ2) is 9.62. The molecule has 162 valence electrons. The van der Waals surface area contributed by atoms with Crippen LogP contribution < -0.4 is 10.1 Å². The zero-order valence-electron chi connectivity index (χ0n) is 17.8. The first-order valence-electron chi connectivity index (χ1n) is 10.4. The summed E-state index contributed by atoms with van der Waals surface area (Å²) >= 11 is 0. The maximum absolute atomic E-state index is 13.1. The van der Waals surface area contributed by atoms with Crippen LogP contribution >= 0.6 is 0 Å². The molecule has 1 unspecified atom stereocenters. The Morgan fingerprint density at radius 1 is 1.17 bits per heavy atom. The molecule has 1 aliphatic rings. The molecule has 30 heavy (non-hydrogen) atoms. The third-order valence-electron chi connectivity index (χ3n) is 5.66. The number of rotatable bonds is 7. The molecule has 1 atom stereocenters. The van der Waals surface area contributed by atoms with Crippen LogP contribution in [0.2, 0.25) is 0 Å². The van der Waals surface area contributed by atoms with Gasteiger partial charge in [-0.15, -0.1) is 0 Å². The van der Waals surface area contributed by atoms with Crippen molar-refractivity contribution in [2.24, 2.45) is 0 Å². The smallest absolute Gasteiger partial charge is 0.251 e. The molecule has 7 heteroatoms. The zero-order chi connectivity index (χ0) is 21.7. The summed E-state index contributed by atoms with van der Waals surface area (Å²) in [6.45, 7) is 4.75. The first-order chi connectivity index (χ1) is 14.3. The van der Waals surface area contributed by atoms with Crippen molar-refractivity contribution < 1.29 is 17.9 Å². The first kappa shape index (κ1) is 22.3. The fraction of sp³-hybridized carbons (Fsp3) is 0.435. The molecule has 0 bridgehead atoms.